The molecule has 0 aliphatic heterocycles. The van der Waals surface area contributed by atoms with Crippen LogP contribution in [0.25, 0.3) is 0 Å². The van der Waals surface area contributed by atoms with Crippen molar-refractivity contribution in [3.05, 3.63) is 59.7 Å². The molecule has 0 fully saturated rings. The van der Waals surface area contributed by atoms with E-state index in [-0.39, 0.29) is 17.7 Å². The van der Waals surface area contributed by atoms with Crippen LogP contribution in [0.4, 0.5) is 0 Å². The summed E-state index contributed by atoms with van der Waals surface area (Å²) in [5, 5.41) is 13.3. The monoisotopic (exact) mass is 328 g/mol. The maximum absolute atomic E-state index is 12.1. The molecule has 0 unspecified atom stereocenters. The Kier molecular flexibility index (Phi) is 6.21. The van der Waals surface area contributed by atoms with Crippen LogP contribution in [-0.2, 0) is 11.3 Å². The van der Waals surface area contributed by atoms with Crippen LogP contribution in [0.3, 0.4) is 0 Å². The summed E-state index contributed by atoms with van der Waals surface area (Å²) in [7, 11) is 5.03. The van der Waals surface area contributed by atoms with Crippen molar-refractivity contribution in [2.45, 2.75) is 19.0 Å². The highest BCUT2D eigenvalue weighted by Gasteiger charge is 2.17. The van der Waals surface area contributed by atoms with Gasteiger partial charge in [-0.15, -0.1) is 0 Å². The fourth-order valence-electron chi connectivity index (χ4n) is 2.44. The minimum absolute atomic E-state index is 0.0638. The van der Waals surface area contributed by atoms with Crippen molar-refractivity contribution in [3.8, 4) is 11.5 Å². The molecule has 1 atom stereocenters. The summed E-state index contributed by atoms with van der Waals surface area (Å²) in [5.41, 5.74) is 1.98. The third-order valence-corrected chi connectivity index (χ3v) is 3.88. The summed E-state index contributed by atoms with van der Waals surface area (Å²) >= 11 is 0. The molecule has 0 bridgehead atoms. The molecule has 2 aromatic carbocycles. The molecule has 1 amide bonds. The van der Waals surface area contributed by atoms with E-state index < -0.39 is 0 Å². The van der Waals surface area contributed by atoms with Crippen LogP contribution in [0.5, 0.6) is 11.5 Å². The number of rotatable bonds is 7. The number of methoxy groups -OCH3 is 1. The molecule has 0 radical (unpaired) electrons. The lowest BCUT2D eigenvalue weighted by atomic mass is 10.0. The number of ether oxygens (including phenoxy) is 1. The standard InChI is InChI=1S/C19H24N2O3/c1-21(2)19(23)12-16(15-7-5-4-6-8-15)20-13-14-9-10-18(24-3)17(22)11-14/h4-11,16,20,22H,12-13H2,1-3H3/t16-/m1/s1. The molecule has 128 valence electrons. The van der Waals surface area contributed by atoms with Gasteiger partial charge in [0.25, 0.3) is 0 Å². The Balaban J connectivity index is 2.10. The second-order valence-electron chi connectivity index (χ2n) is 5.84. The minimum Gasteiger partial charge on any atom is -0.504 e. The molecule has 0 aliphatic rings. The first kappa shape index (κ1) is 17.8. The predicted molar refractivity (Wildman–Crippen MR) is 94.0 cm³/mol. The molecule has 2 aromatic rings. The molecule has 0 aliphatic carbocycles. The molecule has 2 N–H and O–H groups in total. The van der Waals surface area contributed by atoms with Crippen LogP contribution in [0.2, 0.25) is 0 Å². The van der Waals surface area contributed by atoms with E-state index in [1.807, 2.05) is 36.4 Å². The number of carbonyl (C=O) groups excluding carboxylic acids is 1. The lowest BCUT2D eigenvalue weighted by Gasteiger charge is -2.21. The van der Waals surface area contributed by atoms with Gasteiger partial charge >= 0.3 is 0 Å². The topological polar surface area (TPSA) is 61.8 Å². The van der Waals surface area contributed by atoms with Gasteiger partial charge in [0.2, 0.25) is 5.91 Å². The normalized spacial score (nSPS) is 11.8. The van der Waals surface area contributed by atoms with E-state index >= 15 is 0 Å². The van der Waals surface area contributed by atoms with Gasteiger partial charge in [0.15, 0.2) is 11.5 Å². The zero-order valence-electron chi connectivity index (χ0n) is 14.3. The van der Waals surface area contributed by atoms with Gasteiger partial charge in [-0.2, -0.15) is 0 Å². The molecule has 0 spiro atoms. The highest BCUT2D eigenvalue weighted by atomic mass is 16.5. The number of carbonyl (C=O) groups is 1. The third kappa shape index (κ3) is 4.73. The van der Waals surface area contributed by atoms with Gasteiger partial charge in [-0.1, -0.05) is 36.4 Å². The Morgan fingerprint density at radius 1 is 1.21 bits per heavy atom. The largest absolute Gasteiger partial charge is 0.504 e. The average Bonchev–Trinajstić information content (AvgIpc) is 2.59. The molecule has 2 rings (SSSR count). The van der Waals surface area contributed by atoms with Crippen LogP contribution in [0.1, 0.15) is 23.6 Å². The first-order chi connectivity index (χ1) is 11.5. The number of benzene rings is 2. The summed E-state index contributed by atoms with van der Waals surface area (Å²) in [6, 6.07) is 15.1. The zero-order chi connectivity index (χ0) is 17.5. The summed E-state index contributed by atoms with van der Waals surface area (Å²) in [5.74, 6) is 0.618. The summed E-state index contributed by atoms with van der Waals surface area (Å²) in [6.07, 6.45) is 0.374. The molecule has 0 heterocycles. The molecule has 0 saturated heterocycles. The van der Waals surface area contributed by atoms with Crippen LogP contribution in [0, 0.1) is 0 Å². The zero-order valence-corrected chi connectivity index (χ0v) is 14.3. The van der Waals surface area contributed by atoms with Gasteiger partial charge in [-0.25, -0.2) is 0 Å². The third-order valence-electron chi connectivity index (χ3n) is 3.88. The number of hydrogen-bond donors (Lipinski definition) is 2. The lowest BCUT2D eigenvalue weighted by Crippen LogP contribution is -2.29. The van der Waals surface area contributed by atoms with Gasteiger partial charge in [0.05, 0.1) is 7.11 Å². The Morgan fingerprint density at radius 3 is 2.50 bits per heavy atom. The highest BCUT2D eigenvalue weighted by molar-refractivity contribution is 5.76. The fourth-order valence-corrected chi connectivity index (χ4v) is 2.44. The minimum atomic E-state index is -0.0923. The van der Waals surface area contributed by atoms with Crippen molar-refractivity contribution in [2.75, 3.05) is 21.2 Å². The van der Waals surface area contributed by atoms with E-state index in [1.165, 1.54) is 7.11 Å². The van der Waals surface area contributed by atoms with Gasteiger partial charge in [0, 0.05) is 33.1 Å². The number of nitrogens with one attached hydrogen (secondary N) is 1. The van der Waals surface area contributed by atoms with E-state index in [4.69, 9.17) is 4.74 Å². The Morgan fingerprint density at radius 2 is 1.92 bits per heavy atom. The molecular formula is C19H24N2O3. The maximum atomic E-state index is 12.1. The van der Waals surface area contributed by atoms with E-state index in [0.29, 0.717) is 18.7 Å². The van der Waals surface area contributed by atoms with Crippen molar-refractivity contribution in [2.24, 2.45) is 0 Å². The maximum Gasteiger partial charge on any atom is 0.223 e. The number of phenolic OH excluding ortho intramolecular Hbond substituents is 1. The van der Waals surface area contributed by atoms with Crippen LogP contribution in [0.15, 0.2) is 48.5 Å². The van der Waals surface area contributed by atoms with Crippen molar-refractivity contribution >= 4 is 5.91 Å². The molecule has 5 heteroatoms. The smallest absolute Gasteiger partial charge is 0.223 e. The lowest BCUT2D eigenvalue weighted by molar-refractivity contribution is -0.129. The number of hydrogen-bond acceptors (Lipinski definition) is 4. The summed E-state index contributed by atoms with van der Waals surface area (Å²) < 4.78 is 5.05. The first-order valence-corrected chi connectivity index (χ1v) is 7.85. The highest BCUT2D eigenvalue weighted by Crippen LogP contribution is 2.26. The van der Waals surface area contributed by atoms with Crippen LogP contribution in [-0.4, -0.2) is 37.1 Å². The Hall–Kier alpha value is -2.53. The van der Waals surface area contributed by atoms with Gasteiger partial charge in [0.1, 0.15) is 0 Å². The van der Waals surface area contributed by atoms with Crippen molar-refractivity contribution in [3.63, 3.8) is 0 Å². The summed E-state index contributed by atoms with van der Waals surface area (Å²) in [4.78, 5) is 13.7. The summed E-state index contributed by atoms with van der Waals surface area (Å²) in [6.45, 7) is 0.540. The van der Waals surface area contributed by atoms with Crippen LogP contribution >= 0.6 is 0 Å². The Labute approximate surface area is 142 Å². The van der Waals surface area contributed by atoms with E-state index in [0.717, 1.165) is 11.1 Å². The average molecular weight is 328 g/mol. The van der Waals surface area contributed by atoms with Gasteiger partial charge in [-0.3, -0.25) is 4.79 Å². The van der Waals surface area contributed by atoms with Crippen LogP contribution < -0.4 is 10.1 Å². The van der Waals surface area contributed by atoms with Crippen molar-refractivity contribution in [1.82, 2.24) is 10.2 Å². The number of aromatic hydroxyl groups is 1. The number of nitrogens with zero attached hydrogens (tertiary/aromatic N) is 1. The van der Waals surface area contributed by atoms with E-state index in [1.54, 1.807) is 31.1 Å². The molecule has 0 saturated carbocycles. The number of amides is 1. The molecule has 24 heavy (non-hydrogen) atoms. The van der Waals surface area contributed by atoms with Gasteiger partial charge in [-0.05, 0) is 23.3 Å². The second-order valence-corrected chi connectivity index (χ2v) is 5.84. The molecule has 0 aromatic heterocycles. The number of phenols is 1. The van der Waals surface area contributed by atoms with Crippen molar-refractivity contribution in [1.29, 1.82) is 0 Å². The Bertz CT molecular complexity index is 672. The fraction of sp³-hybridized carbons (Fsp3) is 0.316. The van der Waals surface area contributed by atoms with E-state index in [2.05, 4.69) is 5.32 Å². The SMILES string of the molecule is COc1ccc(CN[C@H](CC(=O)N(C)C)c2ccccc2)cc1O. The predicted octanol–water partition coefficient (Wildman–Crippen LogP) is 2.71. The van der Waals surface area contributed by atoms with Gasteiger partial charge < -0.3 is 20.1 Å². The molecular weight excluding hydrogens is 304 g/mol. The van der Waals surface area contributed by atoms with E-state index in [9.17, 15) is 9.90 Å². The quantitative estimate of drug-likeness (QED) is 0.820. The second kappa shape index (κ2) is 8.36. The first-order valence-electron chi connectivity index (χ1n) is 7.85. The van der Waals surface area contributed by atoms with Crippen molar-refractivity contribution < 1.29 is 14.6 Å². The molecule has 5 nitrogen and oxygen atoms in total.